The van der Waals surface area contributed by atoms with Crippen molar-refractivity contribution in [3.05, 3.63) is 40.7 Å². The Hall–Kier alpha value is -1.33. The summed E-state index contributed by atoms with van der Waals surface area (Å²) in [6, 6.07) is 6.55. The molecule has 19 heavy (non-hydrogen) atoms. The zero-order chi connectivity index (χ0) is 13.8. The second-order valence-corrected chi connectivity index (χ2v) is 5.63. The van der Waals surface area contributed by atoms with Gasteiger partial charge in [0.1, 0.15) is 5.82 Å². The van der Waals surface area contributed by atoms with E-state index in [1.807, 2.05) is 6.92 Å². The number of nitrogens with two attached hydrogens (primary N) is 1. The van der Waals surface area contributed by atoms with Gasteiger partial charge in [-0.15, -0.1) is 10.2 Å². The number of aryl methyl sites for hydroxylation is 3. The van der Waals surface area contributed by atoms with Crippen LogP contribution in [0.25, 0.3) is 0 Å². The Kier molecular flexibility index (Phi) is 4.61. The zero-order valence-electron chi connectivity index (χ0n) is 11.7. The van der Waals surface area contributed by atoms with Crippen LogP contribution in [0.1, 0.15) is 22.5 Å². The second-order valence-electron chi connectivity index (χ2n) is 4.69. The zero-order valence-corrected chi connectivity index (χ0v) is 12.5. The van der Waals surface area contributed by atoms with Crippen LogP contribution < -0.4 is 5.73 Å². The summed E-state index contributed by atoms with van der Waals surface area (Å²) in [7, 11) is 0. The lowest BCUT2D eigenvalue weighted by atomic mass is 10.1. The van der Waals surface area contributed by atoms with Gasteiger partial charge in [0, 0.05) is 18.8 Å². The highest BCUT2D eigenvalue weighted by Crippen LogP contribution is 2.24. The van der Waals surface area contributed by atoms with E-state index in [-0.39, 0.29) is 0 Å². The van der Waals surface area contributed by atoms with Crippen molar-refractivity contribution < 1.29 is 0 Å². The Labute approximate surface area is 118 Å². The van der Waals surface area contributed by atoms with E-state index >= 15 is 0 Å². The van der Waals surface area contributed by atoms with Crippen molar-refractivity contribution in [1.29, 1.82) is 0 Å². The van der Waals surface area contributed by atoms with E-state index in [1.54, 1.807) is 11.8 Å². The fourth-order valence-corrected chi connectivity index (χ4v) is 3.03. The van der Waals surface area contributed by atoms with Crippen LogP contribution in [0.4, 0.5) is 0 Å². The van der Waals surface area contributed by atoms with Crippen molar-refractivity contribution >= 4 is 11.8 Å². The minimum absolute atomic E-state index is 0.607. The van der Waals surface area contributed by atoms with Crippen molar-refractivity contribution in [1.82, 2.24) is 14.8 Å². The van der Waals surface area contributed by atoms with Gasteiger partial charge in [0.15, 0.2) is 5.16 Å². The predicted octanol–water partition coefficient (Wildman–Crippen LogP) is 2.45. The highest BCUT2D eigenvalue weighted by atomic mass is 32.2. The second kappa shape index (κ2) is 6.21. The molecule has 0 bridgehead atoms. The Balaban J connectivity index is 2.12. The number of hydrogen-bond acceptors (Lipinski definition) is 4. The van der Waals surface area contributed by atoms with E-state index < -0.39 is 0 Å². The van der Waals surface area contributed by atoms with Gasteiger partial charge in [-0.05, 0) is 31.9 Å². The van der Waals surface area contributed by atoms with E-state index in [2.05, 4.69) is 46.8 Å². The number of nitrogens with zero attached hydrogens (tertiary/aromatic N) is 3. The minimum Gasteiger partial charge on any atom is -0.329 e. The van der Waals surface area contributed by atoms with Gasteiger partial charge in [-0.2, -0.15) is 0 Å². The van der Waals surface area contributed by atoms with Crippen molar-refractivity contribution in [2.45, 2.75) is 38.2 Å². The average Bonchev–Trinajstić information content (AvgIpc) is 2.73. The van der Waals surface area contributed by atoms with Crippen molar-refractivity contribution in [2.75, 3.05) is 6.54 Å². The molecule has 1 aromatic carbocycles. The predicted molar refractivity (Wildman–Crippen MR) is 79.3 cm³/mol. The monoisotopic (exact) mass is 276 g/mol. The van der Waals surface area contributed by atoms with Gasteiger partial charge >= 0.3 is 0 Å². The van der Waals surface area contributed by atoms with Crippen LogP contribution in [0.2, 0.25) is 0 Å². The van der Waals surface area contributed by atoms with Crippen molar-refractivity contribution in [3.63, 3.8) is 0 Å². The fourth-order valence-electron chi connectivity index (χ4n) is 1.95. The molecule has 0 radical (unpaired) electrons. The first-order valence-electron chi connectivity index (χ1n) is 6.40. The van der Waals surface area contributed by atoms with Gasteiger partial charge in [0.25, 0.3) is 0 Å². The molecule has 0 saturated carbocycles. The highest BCUT2D eigenvalue weighted by molar-refractivity contribution is 7.98. The quantitative estimate of drug-likeness (QED) is 0.852. The molecule has 0 saturated heterocycles. The molecule has 4 nitrogen and oxygen atoms in total. The third-order valence-electron chi connectivity index (χ3n) is 3.12. The number of rotatable bonds is 5. The van der Waals surface area contributed by atoms with E-state index in [9.17, 15) is 0 Å². The molecule has 5 heteroatoms. The summed E-state index contributed by atoms with van der Waals surface area (Å²) in [5.74, 6) is 1.84. The van der Waals surface area contributed by atoms with E-state index in [4.69, 9.17) is 5.73 Å². The summed E-state index contributed by atoms with van der Waals surface area (Å²) >= 11 is 1.72. The van der Waals surface area contributed by atoms with Crippen LogP contribution in [-0.2, 0) is 12.3 Å². The minimum atomic E-state index is 0.607. The van der Waals surface area contributed by atoms with Gasteiger partial charge in [0.05, 0.1) is 0 Å². The lowest BCUT2D eigenvalue weighted by molar-refractivity contribution is 0.627. The third-order valence-corrected chi connectivity index (χ3v) is 4.13. The topological polar surface area (TPSA) is 56.7 Å². The third kappa shape index (κ3) is 3.36. The molecule has 0 fully saturated rings. The molecule has 1 heterocycles. The van der Waals surface area contributed by atoms with E-state index in [1.165, 1.54) is 16.7 Å². The Morgan fingerprint density at radius 2 is 2.00 bits per heavy atom. The number of hydrogen-bond donors (Lipinski definition) is 1. The molecule has 0 aliphatic rings. The van der Waals surface area contributed by atoms with Gasteiger partial charge < -0.3 is 10.3 Å². The van der Waals surface area contributed by atoms with Gasteiger partial charge in [-0.25, -0.2) is 0 Å². The normalized spacial score (nSPS) is 10.9. The molecule has 0 aliphatic heterocycles. The maximum Gasteiger partial charge on any atom is 0.191 e. The summed E-state index contributed by atoms with van der Waals surface area (Å²) in [5, 5.41) is 9.29. The molecule has 102 valence electrons. The van der Waals surface area contributed by atoms with Crippen LogP contribution in [0, 0.1) is 20.8 Å². The maximum absolute atomic E-state index is 5.62. The van der Waals surface area contributed by atoms with Crippen LogP contribution in [0.15, 0.2) is 23.4 Å². The molecule has 0 amide bonds. The lowest BCUT2D eigenvalue weighted by Gasteiger charge is -2.08. The first-order valence-corrected chi connectivity index (χ1v) is 7.39. The van der Waals surface area contributed by atoms with E-state index in [0.29, 0.717) is 6.54 Å². The Morgan fingerprint density at radius 3 is 2.74 bits per heavy atom. The lowest BCUT2D eigenvalue weighted by Crippen LogP contribution is -2.12. The SMILES string of the molecule is Cc1ccc(C)c(CSc2nnc(C)n2CCN)c1. The van der Waals surface area contributed by atoms with Gasteiger partial charge in [-0.1, -0.05) is 35.5 Å². The molecule has 0 unspecified atom stereocenters. The van der Waals surface area contributed by atoms with Crippen molar-refractivity contribution in [3.8, 4) is 0 Å². The van der Waals surface area contributed by atoms with Gasteiger partial charge in [-0.3, -0.25) is 0 Å². The Bertz CT molecular complexity index is 563. The summed E-state index contributed by atoms with van der Waals surface area (Å²) in [6.45, 7) is 7.61. The number of thioether (sulfide) groups is 1. The largest absolute Gasteiger partial charge is 0.329 e. The first kappa shape index (κ1) is 14.1. The summed E-state index contributed by atoms with van der Waals surface area (Å²) in [5.41, 5.74) is 9.59. The van der Waals surface area contributed by atoms with Crippen LogP contribution in [0.5, 0.6) is 0 Å². The van der Waals surface area contributed by atoms with E-state index in [0.717, 1.165) is 23.3 Å². The number of aromatic nitrogens is 3. The highest BCUT2D eigenvalue weighted by Gasteiger charge is 2.09. The molecule has 2 N–H and O–H groups in total. The molecular formula is C14H20N4S. The van der Waals surface area contributed by atoms with Gasteiger partial charge in [0.2, 0.25) is 0 Å². The standard InChI is InChI=1S/C14H20N4S/c1-10-4-5-11(2)13(8-10)9-19-14-17-16-12(3)18(14)7-6-15/h4-5,8H,6-7,9,15H2,1-3H3. The smallest absolute Gasteiger partial charge is 0.191 e. The maximum atomic E-state index is 5.62. The summed E-state index contributed by atoms with van der Waals surface area (Å²) < 4.78 is 2.08. The molecule has 1 aromatic heterocycles. The van der Waals surface area contributed by atoms with Crippen LogP contribution in [0.3, 0.4) is 0 Å². The Morgan fingerprint density at radius 1 is 1.21 bits per heavy atom. The average molecular weight is 276 g/mol. The molecule has 2 aromatic rings. The molecule has 2 rings (SSSR count). The first-order chi connectivity index (χ1) is 9.11. The van der Waals surface area contributed by atoms with Crippen LogP contribution >= 0.6 is 11.8 Å². The fraction of sp³-hybridized carbons (Fsp3) is 0.429. The molecule has 0 spiro atoms. The summed E-state index contributed by atoms with van der Waals surface area (Å²) in [4.78, 5) is 0. The van der Waals surface area contributed by atoms with Crippen LogP contribution in [-0.4, -0.2) is 21.3 Å². The van der Waals surface area contributed by atoms with Crippen molar-refractivity contribution in [2.24, 2.45) is 5.73 Å². The molecule has 0 aliphatic carbocycles. The molecular weight excluding hydrogens is 256 g/mol. The number of benzene rings is 1. The molecule has 0 atom stereocenters. The summed E-state index contributed by atoms with van der Waals surface area (Å²) in [6.07, 6.45) is 0.